The van der Waals surface area contributed by atoms with Crippen LogP contribution in [0.1, 0.15) is 12.8 Å². The van der Waals surface area contributed by atoms with Gasteiger partial charge in [-0.2, -0.15) is 0 Å². The summed E-state index contributed by atoms with van der Waals surface area (Å²) in [5.74, 6) is 0.549. The van der Waals surface area contributed by atoms with Gasteiger partial charge in [-0.3, -0.25) is 4.90 Å². The fourth-order valence-corrected chi connectivity index (χ4v) is 2.52. The second-order valence-electron chi connectivity index (χ2n) is 5.03. The van der Waals surface area contributed by atoms with Crippen LogP contribution < -0.4 is 0 Å². The quantitative estimate of drug-likeness (QED) is 0.879. The van der Waals surface area contributed by atoms with Crippen molar-refractivity contribution >= 4 is 12.2 Å². The Balaban J connectivity index is 1.75. The molecule has 0 unspecified atom stereocenters. The molecule has 0 radical (unpaired) electrons. The lowest BCUT2D eigenvalue weighted by atomic mass is 10.1. The van der Waals surface area contributed by atoms with E-state index in [0.717, 1.165) is 31.5 Å². The zero-order valence-electron chi connectivity index (χ0n) is 11.1. The molecule has 0 amide bonds. The molecule has 1 aromatic heterocycles. The van der Waals surface area contributed by atoms with E-state index in [1.165, 1.54) is 0 Å². The molecule has 0 saturated carbocycles. The summed E-state index contributed by atoms with van der Waals surface area (Å²) in [6.45, 7) is 2.33. The lowest BCUT2D eigenvalue weighted by Gasteiger charge is -2.28. The van der Waals surface area contributed by atoms with Crippen molar-refractivity contribution in [1.29, 1.82) is 0 Å². The monoisotopic (exact) mass is 291 g/mol. The molecule has 0 atom stereocenters. The predicted octanol–water partition coefficient (Wildman–Crippen LogP) is 2.29. The van der Waals surface area contributed by atoms with Crippen LogP contribution in [0.3, 0.4) is 0 Å². The van der Waals surface area contributed by atoms with E-state index in [1.807, 2.05) is 30.3 Å². The first-order chi connectivity index (χ1) is 9.72. The van der Waals surface area contributed by atoms with Crippen LogP contribution in [-0.4, -0.2) is 39.0 Å². The highest BCUT2D eigenvalue weighted by molar-refractivity contribution is 7.71. The number of likely N-dealkylation sites (tertiary alicyclic amines) is 1. The number of aromatic nitrogens is 2. The molecule has 0 aliphatic carbocycles. The lowest BCUT2D eigenvalue weighted by Crippen LogP contribution is -2.37. The highest BCUT2D eigenvalue weighted by atomic mass is 32.1. The third kappa shape index (κ3) is 2.98. The number of hydrogen-bond donors (Lipinski definition) is 1. The van der Waals surface area contributed by atoms with Crippen LogP contribution >= 0.6 is 12.2 Å². The van der Waals surface area contributed by atoms with Crippen molar-refractivity contribution in [3.8, 4) is 11.5 Å². The fourth-order valence-electron chi connectivity index (χ4n) is 2.34. The smallest absolute Gasteiger partial charge is 0.288 e. The van der Waals surface area contributed by atoms with Crippen molar-refractivity contribution in [2.75, 3.05) is 13.1 Å². The molecule has 0 bridgehead atoms. The molecule has 1 aliphatic rings. The minimum atomic E-state index is -0.170. The minimum Gasteiger partial charge on any atom is -0.409 e. The summed E-state index contributed by atoms with van der Waals surface area (Å²) in [5.41, 5.74) is 0.923. The van der Waals surface area contributed by atoms with Crippen molar-refractivity contribution < 1.29 is 9.52 Å². The second kappa shape index (κ2) is 5.87. The molecule has 1 saturated heterocycles. The molecule has 1 aliphatic heterocycles. The van der Waals surface area contributed by atoms with E-state index in [1.54, 1.807) is 4.68 Å². The molecule has 2 aromatic rings. The minimum absolute atomic E-state index is 0.170. The predicted molar refractivity (Wildman–Crippen MR) is 77.6 cm³/mol. The van der Waals surface area contributed by atoms with Gasteiger partial charge in [0.25, 0.3) is 4.84 Å². The van der Waals surface area contributed by atoms with Crippen molar-refractivity contribution in [2.45, 2.75) is 25.6 Å². The van der Waals surface area contributed by atoms with Crippen molar-refractivity contribution in [1.82, 2.24) is 14.7 Å². The first-order valence-corrected chi connectivity index (χ1v) is 7.17. The Morgan fingerprint density at radius 2 is 1.95 bits per heavy atom. The van der Waals surface area contributed by atoms with Gasteiger partial charge in [0.2, 0.25) is 5.89 Å². The van der Waals surface area contributed by atoms with Gasteiger partial charge < -0.3 is 9.52 Å². The first-order valence-electron chi connectivity index (χ1n) is 6.76. The number of rotatable bonds is 3. The van der Waals surface area contributed by atoms with Gasteiger partial charge in [-0.25, -0.2) is 4.68 Å². The number of aliphatic hydroxyl groups is 1. The van der Waals surface area contributed by atoms with E-state index in [-0.39, 0.29) is 6.10 Å². The van der Waals surface area contributed by atoms with Crippen LogP contribution in [0.15, 0.2) is 34.7 Å². The van der Waals surface area contributed by atoms with E-state index in [2.05, 4.69) is 10.00 Å². The van der Waals surface area contributed by atoms with Crippen LogP contribution in [-0.2, 0) is 6.67 Å². The third-order valence-corrected chi connectivity index (χ3v) is 3.81. The zero-order valence-corrected chi connectivity index (χ0v) is 11.9. The Morgan fingerprint density at radius 3 is 2.65 bits per heavy atom. The van der Waals surface area contributed by atoms with Crippen molar-refractivity contribution in [2.24, 2.45) is 0 Å². The number of benzene rings is 1. The van der Waals surface area contributed by atoms with Crippen LogP contribution in [0.25, 0.3) is 11.5 Å². The van der Waals surface area contributed by atoms with Gasteiger partial charge in [-0.1, -0.05) is 18.2 Å². The van der Waals surface area contributed by atoms with E-state index >= 15 is 0 Å². The van der Waals surface area contributed by atoms with Crippen LogP contribution in [0.2, 0.25) is 0 Å². The third-order valence-electron chi connectivity index (χ3n) is 3.52. The highest BCUT2D eigenvalue weighted by Crippen LogP contribution is 2.18. The van der Waals surface area contributed by atoms with Gasteiger partial charge in [-0.05, 0) is 37.2 Å². The van der Waals surface area contributed by atoms with Gasteiger partial charge >= 0.3 is 0 Å². The number of piperidine rings is 1. The molecule has 5 nitrogen and oxygen atoms in total. The summed E-state index contributed by atoms with van der Waals surface area (Å²) < 4.78 is 7.26. The average Bonchev–Trinajstić information content (AvgIpc) is 2.84. The summed E-state index contributed by atoms with van der Waals surface area (Å²) in [6, 6.07) is 9.73. The molecule has 3 rings (SSSR count). The Morgan fingerprint density at radius 1 is 1.25 bits per heavy atom. The zero-order chi connectivity index (χ0) is 13.9. The van der Waals surface area contributed by atoms with Gasteiger partial charge in [0.1, 0.15) is 0 Å². The summed E-state index contributed by atoms with van der Waals surface area (Å²) in [6.07, 6.45) is 1.43. The Hall–Kier alpha value is -1.50. The fraction of sp³-hybridized carbons (Fsp3) is 0.429. The van der Waals surface area contributed by atoms with Gasteiger partial charge in [0, 0.05) is 18.7 Å². The first kappa shape index (κ1) is 13.5. The molecule has 1 N–H and O–H groups in total. The second-order valence-corrected chi connectivity index (χ2v) is 5.38. The number of aliphatic hydroxyl groups excluding tert-OH is 1. The van der Waals surface area contributed by atoms with Crippen LogP contribution in [0.4, 0.5) is 0 Å². The SMILES string of the molecule is OC1CCN(Cn2nc(-c3ccccc3)oc2=S)CC1. The normalized spacial score (nSPS) is 17.4. The maximum Gasteiger partial charge on any atom is 0.288 e. The molecule has 106 valence electrons. The molecule has 1 aromatic carbocycles. The number of nitrogens with zero attached hydrogens (tertiary/aromatic N) is 3. The highest BCUT2D eigenvalue weighted by Gasteiger charge is 2.18. The van der Waals surface area contributed by atoms with Crippen LogP contribution in [0, 0.1) is 4.84 Å². The van der Waals surface area contributed by atoms with Crippen LogP contribution in [0.5, 0.6) is 0 Å². The molecule has 0 spiro atoms. The average molecular weight is 291 g/mol. The topological polar surface area (TPSA) is 54.4 Å². The van der Waals surface area contributed by atoms with Gasteiger partial charge in [0.05, 0.1) is 12.8 Å². The molecular weight excluding hydrogens is 274 g/mol. The summed E-state index contributed by atoms with van der Waals surface area (Å²) in [7, 11) is 0. The molecule has 20 heavy (non-hydrogen) atoms. The molecule has 6 heteroatoms. The molecule has 1 fully saturated rings. The summed E-state index contributed by atoms with van der Waals surface area (Å²) in [4.78, 5) is 2.61. The molecular formula is C14H17N3O2S. The van der Waals surface area contributed by atoms with Crippen molar-refractivity contribution in [3.05, 3.63) is 35.2 Å². The van der Waals surface area contributed by atoms with E-state index in [4.69, 9.17) is 16.6 Å². The maximum absolute atomic E-state index is 9.51. The van der Waals surface area contributed by atoms with Gasteiger partial charge in [-0.15, -0.1) is 5.10 Å². The lowest BCUT2D eigenvalue weighted by molar-refractivity contribution is 0.0647. The van der Waals surface area contributed by atoms with E-state index in [9.17, 15) is 5.11 Å². The summed E-state index contributed by atoms with van der Waals surface area (Å²) in [5, 5.41) is 13.9. The van der Waals surface area contributed by atoms with Crippen molar-refractivity contribution in [3.63, 3.8) is 0 Å². The Kier molecular flexibility index (Phi) is 3.95. The standard InChI is InChI=1S/C14H17N3O2S/c18-12-6-8-16(9-7-12)10-17-14(20)19-13(15-17)11-4-2-1-3-5-11/h1-5,12,18H,6-10H2. The maximum atomic E-state index is 9.51. The summed E-state index contributed by atoms with van der Waals surface area (Å²) >= 11 is 5.22. The van der Waals surface area contributed by atoms with Gasteiger partial charge in [0.15, 0.2) is 0 Å². The molecule has 2 heterocycles. The Bertz CT molecular complexity index is 615. The van der Waals surface area contributed by atoms with E-state index < -0.39 is 0 Å². The largest absolute Gasteiger partial charge is 0.409 e. The number of hydrogen-bond acceptors (Lipinski definition) is 5. The van der Waals surface area contributed by atoms with E-state index in [0.29, 0.717) is 17.4 Å². The Labute approximate surface area is 122 Å².